The first-order valence-electron chi connectivity index (χ1n) is 8.00. The van der Waals surface area contributed by atoms with Crippen LogP contribution in [0, 0.1) is 13.8 Å². The van der Waals surface area contributed by atoms with Gasteiger partial charge in [-0.3, -0.25) is 14.4 Å². The first kappa shape index (κ1) is 16.2. The van der Waals surface area contributed by atoms with Crippen molar-refractivity contribution in [2.45, 2.75) is 39.3 Å². The van der Waals surface area contributed by atoms with Crippen molar-refractivity contribution in [2.75, 3.05) is 12.0 Å². The molecule has 1 amide bonds. The van der Waals surface area contributed by atoms with Crippen LogP contribution < -0.4 is 4.90 Å². The van der Waals surface area contributed by atoms with E-state index in [2.05, 4.69) is 5.10 Å². The number of aromatic nitrogens is 2. The lowest BCUT2D eigenvalue weighted by Crippen LogP contribution is -2.43. The normalized spacial score (nSPS) is 16.1. The van der Waals surface area contributed by atoms with E-state index in [-0.39, 0.29) is 18.3 Å². The van der Waals surface area contributed by atoms with Crippen molar-refractivity contribution in [1.82, 2.24) is 9.78 Å². The molecule has 6 heteroatoms. The summed E-state index contributed by atoms with van der Waals surface area (Å²) in [5.74, 6) is -0.478. The van der Waals surface area contributed by atoms with Crippen molar-refractivity contribution in [3.63, 3.8) is 0 Å². The van der Waals surface area contributed by atoms with Crippen LogP contribution in [0.4, 0.5) is 5.69 Å². The van der Waals surface area contributed by atoms with E-state index in [1.807, 2.05) is 48.9 Å². The van der Waals surface area contributed by atoms with Gasteiger partial charge in [0.1, 0.15) is 6.04 Å². The molecule has 126 valence electrons. The third-order valence-corrected chi connectivity index (χ3v) is 4.36. The van der Waals surface area contributed by atoms with Gasteiger partial charge in [0.15, 0.2) is 0 Å². The lowest BCUT2D eigenvalue weighted by atomic mass is 10.1. The predicted molar refractivity (Wildman–Crippen MR) is 89.8 cm³/mol. The van der Waals surface area contributed by atoms with Crippen molar-refractivity contribution in [3.8, 4) is 0 Å². The van der Waals surface area contributed by atoms with Crippen molar-refractivity contribution >= 4 is 17.6 Å². The van der Waals surface area contributed by atoms with Gasteiger partial charge in [-0.2, -0.15) is 5.10 Å². The molecule has 0 saturated carbocycles. The summed E-state index contributed by atoms with van der Waals surface area (Å²) < 4.78 is 6.70. The van der Waals surface area contributed by atoms with Crippen LogP contribution in [0.3, 0.4) is 0 Å². The number of amides is 1. The first-order chi connectivity index (χ1) is 11.5. The standard InChI is InChI=1S/C18H21N3O3/c1-12-10-13(2)20(19-12)9-8-17(22)21-15-7-5-4-6-14(15)11-16(21)18(23)24-3/h4-7,10,16H,8-9,11H2,1-3H3/t16-/m1/s1. The molecule has 0 N–H and O–H groups in total. The summed E-state index contributed by atoms with van der Waals surface area (Å²) in [4.78, 5) is 26.5. The number of carbonyl (C=O) groups excluding carboxylic acids is 2. The summed E-state index contributed by atoms with van der Waals surface area (Å²) >= 11 is 0. The van der Waals surface area contributed by atoms with E-state index in [4.69, 9.17) is 4.74 Å². The van der Waals surface area contributed by atoms with E-state index in [0.717, 1.165) is 22.6 Å². The van der Waals surface area contributed by atoms with Gasteiger partial charge in [0.05, 0.1) is 12.8 Å². The highest BCUT2D eigenvalue weighted by Gasteiger charge is 2.38. The zero-order valence-electron chi connectivity index (χ0n) is 14.2. The molecule has 0 fully saturated rings. The number of ether oxygens (including phenoxy) is 1. The molecule has 24 heavy (non-hydrogen) atoms. The maximum Gasteiger partial charge on any atom is 0.329 e. The number of hydrogen-bond donors (Lipinski definition) is 0. The first-order valence-corrected chi connectivity index (χ1v) is 8.00. The number of anilines is 1. The van der Waals surface area contributed by atoms with Gasteiger partial charge >= 0.3 is 5.97 Å². The maximum absolute atomic E-state index is 12.8. The average Bonchev–Trinajstić information content (AvgIpc) is 3.11. The Hall–Kier alpha value is -2.63. The number of carbonyl (C=O) groups is 2. The predicted octanol–water partition coefficient (Wildman–Crippen LogP) is 2.02. The zero-order chi connectivity index (χ0) is 17.3. The smallest absolute Gasteiger partial charge is 0.329 e. The highest BCUT2D eigenvalue weighted by Crippen LogP contribution is 2.33. The van der Waals surface area contributed by atoms with Crippen molar-refractivity contribution in [3.05, 3.63) is 47.3 Å². The van der Waals surface area contributed by atoms with Crippen molar-refractivity contribution in [2.24, 2.45) is 0 Å². The highest BCUT2D eigenvalue weighted by molar-refractivity contribution is 6.02. The number of fused-ring (bicyclic) bond motifs is 1. The van der Waals surface area contributed by atoms with Gasteiger partial charge in [0.2, 0.25) is 5.91 Å². The van der Waals surface area contributed by atoms with Crippen LogP contribution in [0.15, 0.2) is 30.3 Å². The summed E-state index contributed by atoms with van der Waals surface area (Å²) in [5.41, 5.74) is 3.74. The van der Waals surface area contributed by atoms with Gasteiger partial charge in [0.25, 0.3) is 0 Å². The van der Waals surface area contributed by atoms with E-state index in [0.29, 0.717) is 13.0 Å². The van der Waals surface area contributed by atoms with Crippen LogP contribution in [0.1, 0.15) is 23.4 Å². The van der Waals surface area contributed by atoms with Crippen LogP contribution in [0.25, 0.3) is 0 Å². The third-order valence-electron chi connectivity index (χ3n) is 4.36. The molecule has 1 atom stereocenters. The topological polar surface area (TPSA) is 64.4 Å². The number of benzene rings is 1. The molecule has 1 aliphatic rings. The fourth-order valence-electron chi connectivity index (χ4n) is 3.24. The summed E-state index contributed by atoms with van der Waals surface area (Å²) in [5, 5.41) is 4.38. The summed E-state index contributed by atoms with van der Waals surface area (Å²) in [6.07, 6.45) is 0.776. The Bertz CT molecular complexity index is 782. The molecule has 0 unspecified atom stereocenters. The molecule has 0 radical (unpaired) electrons. The van der Waals surface area contributed by atoms with Gasteiger partial charge in [-0.05, 0) is 31.5 Å². The number of para-hydroxylation sites is 1. The second-order valence-electron chi connectivity index (χ2n) is 6.04. The highest BCUT2D eigenvalue weighted by atomic mass is 16.5. The van der Waals surface area contributed by atoms with Crippen molar-refractivity contribution in [1.29, 1.82) is 0 Å². The molecule has 1 aromatic carbocycles. The fraction of sp³-hybridized carbons (Fsp3) is 0.389. The van der Waals surface area contributed by atoms with Gasteiger partial charge in [-0.15, -0.1) is 0 Å². The van der Waals surface area contributed by atoms with E-state index in [1.165, 1.54) is 7.11 Å². The SMILES string of the molecule is COC(=O)[C@H]1Cc2ccccc2N1C(=O)CCn1nc(C)cc1C. The molecule has 0 spiro atoms. The van der Waals surface area contributed by atoms with E-state index in [9.17, 15) is 9.59 Å². The Labute approximate surface area is 141 Å². The lowest BCUT2D eigenvalue weighted by molar-refractivity contribution is -0.143. The molecule has 1 aliphatic heterocycles. The van der Waals surface area contributed by atoms with Crippen LogP contribution in [-0.4, -0.2) is 34.8 Å². The fourth-order valence-corrected chi connectivity index (χ4v) is 3.24. The number of esters is 1. The quantitative estimate of drug-likeness (QED) is 0.806. The molecule has 0 saturated heterocycles. The van der Waals surface area contributed by atoms with Crippen LogP contribution >= 0.6 is 0 Å². The third kappa shape index (κ3) is 2.91. The Kier molecular flexibility index (Phi) is 4.38. The monoisotopic (exact) mass is 327 g/mol. The molecule has 0 aliphatic carbocycles. The van der Waals surface area contributed by atoms with Crippen molar-refractivity contribution < 1.29 is 14.3 Å². The van der Waals surface area contributed by atoms with Gasteiger partial charge in [-0.25, -0.2) is 4.79 Å². The average molecular weight is 327 g/mol. The number of hydrogen-bond acceptors (Lipinski definition) is 4. The van der Waals surface area contributed by atoms with Gasteiger partial charge in [0, 0.05) is 30.8 Å². The molecular weight excluding hydrogens is 306 g/mol. The van der Waals surface area contributed by atoms with Crippen LogP contribution in [0.2, 0.25) is 0 Å². The number of methoxy groups -OCH3 is 1. The van der Waals surface area contributed by atoms with E-state index < -0.39 is 6.04 Å². The minimum atomic E-state index is -0.583. The van der Waals surface area contributed by atoms with E-state index >= 15 is 0 Å². The molecule has 2 aromatic rings. The number of nitrogens with zero attached hydrogens (tertiary/aromatic N) is 3. The minimum Gasteiger partial charge on any atom is -0.467 e. The summed E-state index contributed by atoms with van der Waals surface area (Å²) in [6, 6.07) is 9.00. The molecule has 6 nitrogen and oxygen atoms in total. The molecule has 2 heterocycles. The number of rotatable bonds is 4. The Morgan fingerprint density at radius 3 is 2.71 bits per heavy atom. The molecule has 3 rings (SSSR count). The second-order valence-corrected chi connectivity index (χ2v) is 6.04. The maximum atomic E-state index is 12.8. The number of aryl methyl sites for hydroxylation is 3. The molecule has 0 bridgehead atoms. The van der Waals surface area contributed by atoms with Crippen LogP contribution in [0.5, 0.6) is 0 Å². The van der Waals surface area contributed by atoms with E-state index in [1.54, 1.807) is 4.90 Å². The Morgan fingerprint density at radius 1 is 1.29 bits per heavy atom. The summed E-state index contributed by atoms with van der Waals surface area (Å²) in [7, 11) is 1.35. The van der Waals surface area contributed by atoms with Crippen LogP contribution in [-0.2, 0) is 27.3 Å². The summed E-state index contributed by atoms with van der Waals surface area (Å²) in [6.45, 7) is 4.38. The van der Waals surface area contributed by atoms with Gasteiger partial charge in [-0.1, -0.05) is 18.2 Å². The largest absolute Gasteiger partial charge is 0.467 e. The Morgan fingerprint density at radius 2 is 2.04 bits per heavy atom. The zero-order valence-corrected chi connectivity index (χ0v) is 14.2. The van der Waals surface area contributed by atoms with Gasteiger partial charge < -0.3 is 4.74 Å². The minimum absolute atomic E-state index is 0.0945. The lowest BCUT2D eigenvalue weighted by Gasteiger charge is -2.23. The molecular formula is C18H21N3O3. The second kappa shape index (κ2) is 6.47. The molecule has 1 aromatic heterocycles. The Balaban J connectivity index is 1.80.